The van der Waals surface area contributed by atoms with Crippen molar-refractivity contribution in [2.45, 2.75) is 6.42 Å². The van der Waals surface area contributed by atoms with Crippen LogP contribution in [-0.2, 0) is 9.59 Å². The van der Waals surface area contributed by atoms with Crippen LogP contribution in [0.2, 0.25) is 5.02 Å². The van der Waals surface area contributed by atoms with E-state index < -0.39 is 11.9 Å². The number of carbonyl (C=O) groups excluding carboxylic acids is 1. The normalized spacial score (nSPS) is 20.3. The molecule has 0 aliphatic heterocycles. The summed E-state index contributed by atoms with van der Waals surface area (Å²) in [7, 11) is 1.65. The van der Waals surface area contributed by atoms with E-state index in [2.05, 4.69) is 0 Å². The van der Waals surface area contributed by atoms with E-state index in [1.165, 1.54) is 4.90 Å². The van der Waals surface area contributed by atoms with Crippen LogP contribution >= 0.6 is 11.6 Å². The molecule has 2 rings (SSSR count). The molecule has 6 heteroatoms. The Morgan fingerprint density at radius 1 is 1.45 bits per heavy atom. The number of benzene rings is 1. The summed E-state index contributed by atoms with van der Waals surface area (Å²) < 4.78 is 5.49. The highest BCUT2D eigenvalue weighted by Gasteiger charge is 2.49. The Balaban J connectivity index is 1.74. The summed E-state index contributed by atoms with van der Waals surface area (Å²) in [6.45, 7) is 0.751. The third-order valence-corrected chi connectivity index (χ3v) is 3.53. The van der Waals surface area contributed by atoms with E-state index >= 15 is 0 Å². The van der Waals surface area contributed by atoms with Crippen molar-refractivity contribution in [1.29, 1.82) is 0 Å². The fourth-order valence-electron chi connectivity index (χ4n) is 1.99. The summed E-state index contributed by atoms with van der Waals surface area (Å²) in [6.07, 6.45) is 0.438. The lowest BCUT2D eigenvalue weighted by molar-refractivity contribution is -0.141. The predicted octanol–water partition coefficient (Wildman–Crippen LogP) is 1.90. The van der Waals surface area contributed by atoms with Crippen molar-refractivity contribution in [2.24, 2.45) is 11.8 Å². The largest absolute Gasteiger partial charge is 0.492 e. The molecule has 1 amide bonds. The molecule has 108 valence electrons. The molecule has 2 atom stereocenters. The average molecular weight is 298 g/mol. The van der Waals surface area contributed by atoms with Gasteiger partial charge >= 0.3 is 5.97 Å². The Hall–Kier alpha value is -1.75. The van der Waals surface area contributed by atoms with Crippen molar-refractivity contribution in [3.05, 3.63) is 29.3 Å². The third-order valence-electron chi connectivity index (χ3n) is 3.29. The number of rotatable bonds is 6. The highest BCUT2D eigenvalue weighted by Crippen LogP contribution is 2.39. The molecule has 1 N–H and O–H groups in total. The van der Waals surface area contributed by atoms with Gasteiger partial charge in [-0.15, -0.1) is 0 Å². The lowest BCUT2D eigenvalue weighted by atomic mass is 10.3. The van der Waals surface area contributed by atoms with Gasteiger partial charge in [-0.25, -0.2) is 0 Å². The Morgan fingerprint density at radius 2 is 2.20 bits per heavy atom. The summed E-state index contributed by atoms with van der Waals surface area (Å²) >= 11 is 5.83. The highest BCUT2D eigenvalue weighted by atomic mass is 35.5. The van der Waals surface area contributed by atoms with E-state index in [9.17, 15) is 9.59 Å². The standard InChI is InChI=1S/C14H16ClNO4/c1-16(13(17)11-8-12(11)14(18)19)5-6-20-10-4-2-3-9(15)7-10/h2-4,7,11-12H,5-6,8H2,1H3,(H,18,19)/t11-,12+/m1/s1. The number of amides is 1. The van der Waals surface area contributed by atoms with E-state index in [0.29, 0.717) is 30.3 Å². The molecule has 0 unspecified atom stereocenters. The second kappa shape index (κ2) is 6.13. The van der Waals surface area contributed by atoms with Gasteiger partial charge in [-0.05, 0) is 24.6 Å². The summed E-state index contributed by atoms with van der Waals surface area (Å²) in [5.74, 6) is -1.27. The first-order valence-electron chi connectivity index (χ1n) is 6.35. The van der Waals surface area contributed by atoms with Gasteiger partial charge in [-0.2, -0.15) is 0 Å². The quantitative estimate of drug-likeness (QED) is 0.871. The fraction of sp³-hybridized carbons (Fsp3) is 0.429. The van der Waals surface area contributed by atoms with Gasteiger partial charge in [0.2, 0.25) is 5.91 Å². The molecule has 20 heavy (non-hydrogen) atoms. The molecule has 0 bridgehead atoms. The van der Waals surface area contributed by atoms with Crippen molar-refractivity contribution in [1.82, 2.24) is 4.90 Å². The maximum Gasteiger partial charge on any atom is 0.307 e. The topological polar surface area (TPSA) is 66.8 Å². The molecule has 0 spiro atoms. The first kappa shape index (κ1) is 14.7. The maximum absolute atomic E-state index is 11.9. The summed E-state index contributed by atoms with van der Waals surface area (Å²) in [5.41, 5.74) is 0. The van der Waals surface area contributed by atoms with Crippen molar-refractivity contribution >= 4 is 23.5 Å². The first-order valence-corrected chi connectivity index (χ1v) is 6.73. The third kappa shape index (κ3) is 3.63. The summed E-state index contributed by atoms with van der Waals surface area (Å²) in [5, 5.41) is 9.39. The molecule has 1 aliphatic rings. The van der Waals surface area contributed by atoms with Crippen LogP contribution < -0.4 is 4.74 Å². The van der Waals surface area contributed by atoms with E-state index in [1.807, 2.05) is 0 Å². The van der Waals surface area contributed by atoms with Crippen molar-refractivity contribution in [3.8, 4) is 5.75 Å². The Labute approximate surface area is 122 Å². The maximum atomic E-state index is 11.9. The Bertz CT molecular complexity index is 520. The van der Waals surface area contributed by atoms with Crippen LogP contribution in [-0.4, -0.2) is 42.1 Å². The van der Waals surface area contributed by atoms with Crippen LogP contribution in [0.25, 0.3) is 0 Å². The van der Waals surface area contributed by atoms with E-state index in [0.717, 1.165) is 0 Å². The highest BCUT2D eigenvalue weighted by molar-refractivity contribution is 6.30. The van der Waals surface area contributed by atoms with E-state index in [1.54, 1.807) is 31.3 Å². The molecule has 0 aromatic heterocycles. The Kier molecular flexibility index (Phi) is 4.49. The molecule has 5 nitrogen and oxygen atoms in total. The molecular formula is C14H16ClNO4. The van der Waals surface area contributed by atoms with Gasteiger partial charge in [0.25, 0.3) is 0 Å². The van der Waals surface area contributed by atoms with Gasteiger partial charge in [0.05, 0.1) is 18.4 Å². The molecule has 1 saturated carbocycles. The molecule has 1 aromatic carbocycles. The number of carbonyl (C=O) groups is 2. The minimum absolute atomic E-state index is 0.132. The molecule has 1 fully saturated rings. The molecule has 1 aliphatic carbocycles. The van der Waals surface area contributed by atoms with Crippen LogP contribution in [0, 0.1) is 11.8 Å². The van der Waals surface area contributed by atoms with Crippen LogP contribution in [0.1, 0.15) is 6.42 Å². The zero-order valence-corrected chi connectivity index (χ0v) is 11.8. The van der Waals surface area contributed by atoms with Gasteiger partial charge in [-0.1, -0.05) is 17.7 Å². The smallest absolute Gasteiger partial charge is 0.307 e. The van der Waals surface area contributed by atoms with Crippen molar-refractivity contribution < 1.29 is 19.4 Å². The van der Waals surface area contributed by atoms with Gasteiger partial charge < -0.3 is 14.7 Å². The minimum Gasteiger partial charge on any atom is -0.492 e. The van der Waals surface area contributed by atoms with Crippen molar-refractivity contribution in [3.63, 3.8) is 0 Å². The van der Waals surface area contributed by atoms with Gasteiger partial charge in [0.15, 0.2) is 0 Å². The number of hydrogen-bond acceptors (Lipinski definition) is 3. The molecule has 0 heterocycles. The average Bonchev–Trinajstić information content (AvgIpc) is 3.18. The monoisotopic (exact) mass is 297 g/mol. The first-order chi connectivity index (χ1) is 9.49. The molecule has 0 saturated heterocycles. The SMILES string of the molecule is CN(CCOc1cccc(Cl)c1)C(=O)[C@@H]1C[C@@H]1C(=O)O. The number of nitrogens with zero attached hydrogens (tertiary/aromatic N) is 1. The lowest BCUT2D eigenvalue weighted by Gasteiger charge is -2.17. The van der Waals surface area contributed by atoms with Crippen LogP contribution in [0.5, 0.6) is 5.75 Å². The number of ether oxygens (including phenoxy) is 1. The second-order valence-electron chi connectivity index (χ2n) is 4.85. The van der Waals surface area contributed by atoms with Gasteiger partial charge in [0, 0.05) is 12.1 Å². The van der Waals surface area contributed by atoms with Crippen LogP contribution in [0.3, 0.4) is 0 Å². The zero-order valence-electron chi connectivity index (χ0n) is 11.1. The number of likely N-dealkylation sites (N-methyl/N-ethyl adjacent to an activating group) is 1. The summed E-state index contributed by atoms with van der Waals surface area (Å²) in [4.78, 5) is 24.1. The number of carboxylic acid groups (broad SMARTS) is 1. The summed E-state index contributed by atoms with van der Waals surface area (Å²) in [6, 6.07) is 7.02. The molecule has 0 radical (unpaired) electrons. The van der Waals surface area contributed by atoms with Gasteiger partial charge in [-0.3, -0.25) is 9.59 Å². The predicted molar refractivity (Wildman–Crippen MR) is 73.8 cm³/mol. The van der Waals surface area contributed by atoms with E-state index in [-0.39, 0.29) is 11.8 Å². The van der Waals surface area contributed by atoms with Crippen LogP contribution in [0.15, 0.2) is 24.3 Å². The number of hydrogen-bond donors (Lipinski definition) is 1. The Morgan fingerprint density at radius 3 is 2.80 bits per heavy atom. The zero-order chi connectivity index (χ0) is 14.7. The second-order valence-corrected chi connectivity index (χ2v) is 5.29. The number of halogens is 1. The fourth-order valence-corrected chi connectivity index (χ4v) is 2.17. The van der Waals surface area contributed by atoms with Gasteiger partial charge in [0.1, 0.15) is 12.4 Å². The lowest BCUT2D eigenvalue weighted by Crippen LogP contribution is -2.32. The van der Waals surface area contributed by atoms with Crippen LogP contribution in [0.4, 0.5) is 0 Å². The van der Waals surface area contributed by atoms with Crippen molar-refractivity contribution in [2.75, 3.05) is 20.2 Å². The minimum atomic E-state index is -0.896. The number of carboxylic acids is 1. The van der Waals surface area contributed by atoms with E-state index in [4.69, 9.17) is 21.4 Å². The molecular weight excluding hydrogens is 282 g/mol. The molecule has 1 aromatic rings. The number of aliphatic carboxylic acids is 1.